The minimum absolute atomic E-state index is 0.104. The van der Waals surface area contributed by atoms with Gasteiger partial charge in [-0.1, -0.05) is 33.8 Å². The van der Waals surface area contributed by atoms with Crippen LogP contribution in [0.2, 0.25) is 0 Å². The van der Waals surface area contributed by atoms with E-state index in [4.69, 9.17) is 0 Å². The van der Waals surface area contributed by atoms with E-state index in [1.165, 1.54) is 5.56 Å². The summed E-state index contributed by atoms with van der Waals surface area (Å²) in [6.07, 6.45) is 4.78. The molecule has 0 aliphatic rings. The molecular weight excluding hydrogens is 312 g/mol. The first-order valence-corrected chi connectivity index (χ1v) is 8.59. The van der Waals surface area contributed by atoms with Gasteiger partial charge in [0.05, 0.1) is 11.2 Å². The third-order valence-electron chi connectivity index (χ3n) is 4.59. The van der Waals surface area contributed by atoms with Gasteiger partial charge < -0.3 is 0 Å². The molecule has 0 fully saturated rings. The van der Waals surface area contributed by atoms with Gasteiger partial charge in [-0.05, 0) is 36.2 Å². The van der Waals surface area contributed by atoms with Crippen LogP contribution in [0.5, 0.6) is 0 Å². The Kier molecular flexibility index (Phi) is 3.56. The standard InChI is InChI=1S/C19H22N6/c1-13(2)18-22-21-17-8-7-14(12-24(17)18)11-19(3,4)16-10-15-6-5-9-20-25(15)23-16/h5-10,12-13H,11H2,1-4H3. The van der Waals surface area contributed by atoms with Crippen LogP contribution in [-0.4, -0.2) is 29.4 Å². The van der Waals surface area contributed by atoms with Crippen LogP contribution in [-0.2, 0) is 11.8 Å². The average Bonchev–Trinajstić information content (AvgIpc) is 3.18. The van der Waals surface area contributed by atoms with E-state index in [9.17, 15) is 0 Å². The Bertz CT molecular complexity index is 1010. The molecular formula is C19H22N6. The quantitative estimate of drug-likeness (QED) is 0.574. The Morgan fingerprint density at radius 3 is 2.72 bits per heavy atom. The summed E-state index contributed by atoms with van der Waals surface area (Å²) in [7, 11) is 0. The lowest BCUT2D eigenvalue weighted by Crippen LogP contribution is -2.21. The summed E-state index contributed by atoms with van der Waals surface area (Å²) in [4.78, 5) is 0. The van der Waals surface area contributed by atoms with Gasteiger partial charge in [0.2, 0.25) is 0 Å². The van der Waals surface area contributed by atoms with Crippen molar-refractivity contribution >= 4 is 11.2 Å². The molecule has 6 heteroatoms. The molecule has 0 amide bonds. The highest BCUT2D eigenvalue weighted by molar-refractivity contribution is 5.47. The molecule has 25 heavy (non-hydrogen) atoms. The van der Waals surface area contributed by atoms with Gasteiger partial charge >= 0.3 is 0 Å². The molecule has 4 aromatic heterocycles. The van der Waals surface area contributed by atoms with Gasteiger partial charge in [-0.25, -0.2) is 0 Å². The number of fused-ring (bicyclic) bond motifs is 2. The lowest BCUT2D eigenvalue weighted by Gasteiger charge is -2.22. The highest BCUT2D eigenvalue weighted by Gasteiger charge is 2.25. The molecule has 0 radical (unpaired) electrons. The Morgan fingerprint density at radius 2 is 1.96 bits per heavy atom. The fraction of sp³-hybridized carbons (Fsp3) is 0.368. The molecule has 0 aromatic carbocycles. The summed E-state index contributed by atoms with van der Waals surface area (Å²) in [5.41, 5.74) is 4.08. The van der Waals surface area contributed by atoms with Crippen molar-refractivity contribution in [2.45, 2.75) is 45.4 Å². The van der Waals surface area contributed by atoms with Crippen LogP contribution >= 0.6 is 0 Å². The molecule has 4 rings (SSSR count). The van der Waals surface area contributed by atoms with Gasteiger partial charge in [-0.15, -0.1) is 10.2 Å². The molecule has 4 aromatic rings. The largest absolute Gasteiger partial charge is 0.286 e. The Morgan fingerprint density at radius 1 is 1.12 bits per heavy atom. The summed E-state index contributed by atoms with van der Waals surface area (Å²) in [5.74, 6) is 1.33. The van der Waals surface area contributed by atoms with Gasteiger partial charge in [-0.2, -0.15) is 14.8 Å². The van der Waals surface area contributed by atoms with Gasteiger partial charge in [0.15, 0.2) is 5.65 Å². The summed E-state index contributed by atoms with van der Waals surface area (Å²) in [6.45, 7) is 8.70. The highest BCUT2D eigenvalue weighted by Crippen LogP contribution is 2.28. The molecule has 0 saturated carbocycles. The normalized spacial score (nSPS) is 12.5. The van der Waals surface area contributed by atoms with E-state index in [0.29, 0.717) is 5.92 Å². The van der Waals surface area contributed by atoms with Crippen LogP contribution in [0.25, 0.3) is 11.2 Å². The van der Waals surface area contributed by atoms with Crippen LogP contribution in [0.4, 0.5) is 0 Å². The van der Waals surface area contributed by atoms with Gasteiger partial charge in [-0.3, -0.25) is 4.40 Å². The first-order chi connectivity index (χ1) is 11.9. The monoisotopic (exact) mass is 334 g/mol. The van der Waals surface area contributed by atoms with Crippen LogP contribution < -0.4 is 0 Å². The van der Waals surface area contributed by atoms with Gasteiger partial charge in [0.25, 0.3) is 0 Å². The summed E-state index contributed by atoms with van der Waals surface area (Å²) in [5, 5.41) is 17.5. The number of hydrogen-bond acceptors (Lipinski definition) is 4. The number of nitrogens with zero attached hydrogens (tertiary/aromatic N) is 6. The van der Waals surface area contributed by atoms with Crippen LogP contribution in [0.15, 0.2) is 42.7 Å². The van der Waals surface area contributed by atoms with Crippen LogP contribution in [0, 0.1) is 0 Å². The van der Waals surface area contributed by atoms with E-state index in [1.807, 2.05) is 18.2 Å². The van der Waals surface area contributed by atoms with E-state index >= 15 is 0 Å². The van der Waals surface area contributed by atoms with E-state index < -0.39 is 0 Å². The second-order valence-corrected chi connectivity index (χ2v) is 7.51. The third-order valence-corrected chi connectivity index (χ3v) is 4.59. The Hall–Kier alpha value is -2.76. The van der Waals surface area contributed by atoms with Crippen molar-refractivity contribution in [1.29, 1.82) is 0 Å². The van der Waals surface area contributed by atoms with E-state index in [0.717, 1.165) is 29.1 Å². The molecule has 128 valence electrons. The summed E-state index contributed by atoms with van der Waals surface area (Å²) < 4.78 is 3.79. The molecule has 0 spiro atoms. The van der Waals surface area contributed by atoms with Crippen molar-refractivity contribution in [3.63, 3.8) is 0 Å². The highest BCUT2D eigenvalue weighted by atomic mass is 15.4. The zero-order valence-corrected chi connectivity index (χ0v) is 15.0. The number of aromatic nitrogens is 6. The first-order valence-electron chi connectivity index (χ1n) is 8.59. The smallest absolute Gasteiger partial charge is 0.160 e. The lowest BCUT2D eigenvalue weighted by atomic mass is 9.83. The van der Waals surface area contributed by atoms with Crippen molar-refractivity contribution in [2.75, 3.05) is 0 Å². The molecule has 0 bridgehead atoms. The maximum atomic E-state index is 4.65. The number of rotatable bonds is 4. The second-order valence-electron chi connectivity index (χ2n) is 7.51. The maximum Gasteiger partial charge on any atom is 0.160 e. The predicted molar refractivity (Wildman–Crippen MR) is 96.8 cm³/mol. The molecule has 0 atom stereocenters. The van der Waals surface area contributed by atoms with Crippen LogP contribution in [0.1, 0.15) is 50.7 Å². The molecule has 0 N–H and O–H groups in total. The second kappa shape index (κ2) is 5.65. The Balaban J connectivity index is 1.70. The van der Waals surface area contributed by atoms with E-state index in [2.05, 4.69) is 70.8 Å². The fourth-order valence-corrected chi connectivity index (χ4v) is 3.22. The van der Waals surface area contributed by atoms with Crippen molar-refractivity contribution < 1.29 is 0 Å². The molecule has 6 nitrogen and oxygen atoms in total. The molecule has 0 aliphatic heterocycles. The SMILES string of the molecule is CC(C)c1nnc2ccc(CC(C)(C)c3cc4cccnn4n3)cn12. The van der Waals surface area contributed by atoms with E-state index in [-0.39, 0.29) is 5.41 Å². The first kappa shape index (κ1) is 15.7. The van der Waals surface area contributed by atoms with Crippen molar-refractivity contribution in [3.8, 4) is 0 Å². The average molecular weight is 334 g/mol. The Labute approximate surface area is 146 Å². The lowest BCUT2D eigenvalue weighted by molar-refractivity contribution is 0.497. The minimum atomic E-state index is -0.104. The minimum Gasteiger partial charge on any atom is -0.286 e. The van der Waals surface area contributed by atoms with Gasteiger partial charge in [0, 0.05) is 23.7 Å². The third kappa shape index (κ3) is 2.77. The van der Waals surface area contributed by atoms with Crippen molar-refractivity contribution in [1.82, 2.24) is 29.4 Å². The topological polar surface area (TPSA) is 60.4 Å². The van der Waals surface area contributed by atoms with Crippen molar-refractivity contribution in [2.24, 2.45) is 0 Å². The molecule has 4 heterocycles. The maximum absolute atomic E-state index is 4.65. The summed E-state index contributed by atoms with van der Waals surface area (Å²) >= 11 is 0. The molecule has 0 saturated heterocycles. The molecule has 0 aliphatic carbocycles. The molecule has 0 unspecified atom stereocenters. The zero-order chi connectivity index (χ0) is 17.6. The van der Waals surface area contributed by atoms with Crippen molar-refractivity contribution in [3.05, 3.63) is 59.8 Å². The number of pyridine rings is 1. The predicted octanol–water partition coefficient (Wildman–Crippen LogP) is 3.42. The van der Waals surface area contributed by atoms with E-state index in [1.54, 1.807) is 10.8 Å². The fourth-order valence-electron chi connectivity index (χ4n) is 3.22. The van der Waals surface area contributed by atoms with Gasteiger partial charge in [0.1, 0.15) is 5.82 Å². The summed E-state index contributed by atoms with van der Waals surface area (Å²) in [6, 6.07) is 10.2. The zero-order valence-electron chi connectivity index (χ0n) is 15.0. The van der Waals surface area contributed by atoms with Crippen LogP contribution in [0.3, 0.4) is 0 Å². The number of hydrogen-bond donors (Lipinski definition) is 0.